The minimum Gasteiger partial charge on any atom is -0.435 e. The van der Waals surface area contributed by atoms with E-state index in [9.17, 15) is 18.4 Å². The molecule has 7 heteroatoms. The first-order valence-corrected chi connectivity index (χ1v) is 5.70. The molecule has 102 valence electrons. The zero-order valence-electron chi connectivity index (χ0n) is 9.86. The third-order valence-electron chi connectivity index (χ3n) is 2.66. The van der Waals surface area contributed by atoms with E-state index in [1.807, 2.05) is 0 Å². The summed E-state index contributed by atoms with van der Waals surface area (Å²) >= 11 is 0. The smallest absolute Gasteiger partial charge is 0.387 e. The largest absolute Gasteiger partial charge is 0.435 e. The summed E-state index contributed by atoms with van der Waals surface area (Å²) in [7, 11) is 0. The van der Waals surface area contributed by atoms with Gasteiger partial charge in [0, 0.05) is 12.1 Å². The van der Waals surface area contributed by atoms with E-state index in [-0.39, 0.29) is 17.6 Å². The standard InChI is InChI=1S/C12H12F2N2O3/c13-12(14)19-8-3-1-7(2-4-8)15-11(18)9-5-6-10(17)16-9/h1-4,9,12H,5-6H2,(H,15,18)(H,16,17)/t9-/m1/s1. The van der Waals surface area contributed by atoms with Crippen molar-refractivity contribution in [2.24, 2.45) is 0 Å². The molecule has 2 amide bonds. The van der Waals surface area contributed by atoms with Gasteiger partial charge in [0.2, 0.25) is 11.8 Å². The Kier molecular flexibility index (Phi) is 3.94. The first-order valence-electron chi connectivity index (χ1n) is 5.70. The van der Waals surface area contributed by atoms with Crippen LogP contribution in [0.2, 0.25) is 0 Å². The third kappa shape index (κ3) is 3.64. The predicted molar refractivity (Wildman–Crippen MR) is 62.9 cm³/mol. The number of alkyl halides is 2. The van der Waals surface area contributed by atoms with Crippen molar-refractivity contribution >= 4 is 17.5 Å². The van der Waals surface area contributed by atoms with Crippen LogP contribution in [0, 0.1) is 0 Å². The van der Waals surface area contributed by atoms with Crippen LogP contribution in [-0.2, 0) is 9.59 Å². The second-order valence-corrected chi connectivity index (χ2v) is 4.05. The van der Waals surface area contributed by atoms with Crippen LogP contribution in [0.15, 0.2) is 24.3 Å². The zero-order valence-corrected chi connectivity index (χ0v) is 9.86. The van der Waals surface area contributed by atoms with Crippen molar-refractivity contribution in [1.29, 1.82) is 0 Å². The number of carbonyl (C=O) groups is 2. The van der Waals surface area contributed by atoms with E-state index < -0.39 is 12.7 Å². The van der Waals surface area contributed by atoms with Crippen molar-refractivity contribution in [2.45, 2.75) is 25.5 Å². The lowest BCUT2D eigenvalue weighted by Gasteiger charge is -2.11. The number of anilines is 1. The third-order valence-corrected chi connectivity index (χ3v) is 2.66. The molecule has 1 aromatic carbocycles. The molecule has 19 heavy (non-hydrogen) atoms. The summed E-state index contributed by atoms with van der Waals surface area (Å²) in [6, 6.07) is 5.02. The molecule has 1 atom stereocenters. The summed E-state index contributed by atoms with van der Waals surface area (Å²) in [5.74, 6) is -0.462. The van der Waals surface area contributed by atoms with E-state index in [4.69, 9.17) is 0 Å². The van der Waals surface area contributed by atoms with Crippen LogP contribution in [0.1, 0.15) is 12.8 Å². The molecule has 5 nitrogen and oxygen atoms in total. The number of halogens is 2. The predicted octanol–water partition coefficient (Wildman–Crippen LogP) is 1.51. The maximum atomic E-state index is 11.9. The number of hydrogen-bond acceptors (Lipinski definition) is 3. The molecule has 0 aliphatic carbocycles. The average Bonchev–Trinajstić information content (AvgIpc) is 2.78. The van der Waals surface area contributed by atoms with Crippen LogP contribution >= 0.6 is 0 Å². The fourth-order valence-corrected chi connectivity index (χ4v) is 1.76. The molecule has 1 heterocycles. The van der Waals surface area contributed by atoms with Gasteiger partial charge < -0.3 is 15.4 Å². The van der Waals surface area contributed by atoms with Crippen LogP contribution in [-0.4, -0.2) is 24.5 Å². The molecule has 0 saturated carbocycles. The Hall–Kier alpha value is -2.18. The normalized spacial score (nSPS) is 18.3. The SMILES string of the molecule is O=C1CC[C@H](C(=O)Nc2ccc(OC(F)F)cc2)N1. The van der Waals surface area contributed by atoms with E-state index in [1.165, 1.54) is 24.3 Å². The second kappa shape index (κ2) is 5.64. The summed E-state index contributed by atoms with van der Waals surface area (Å²) < 4.78 is 28.1. The van der Waals surface area contributed by atoms with Crippen LogP contribution in [0.25, 0.3) is 0 Å². The van der Waals surface area contributed by atoms with Gasteiger partial charge in [0.15, 0.2) is 0 Å². The molecule has 1 saturated heterocycles. The topological polar surface area (TPSA) is 67.4 Å². The quantitative estimate of drug-likeness (QED) is 0.871. The molecular formula is C12H12F2N2O3. The molecule has 0 unspecified atom stereocenters. The van der Waals surface area contributed by atoms with Gasteiger partial charge >= 0.3 is 6.61 Å². The van der Waals surface area contributed by atoms with E-state index >= 15 is 0 Å². The fraction of sp³-hybridized carbons (Fsp3) is 0.333. The summed E-state index contributed by atoms with van der Waals surface area (Å²) in [5.41, 5.74) is 0.452. The van der Waals surface area contributed by atoms with E-state index in [0.717, 1.165) is 0 Å². The van der Waals surface area contributed by atoms with Gasteiger partial charge in [-0.2, -0.15) is 8.78 Å². The monoisotopic (exact) mass is 270 g/mol. The highest BCUT2D eigenvalue weighted by atomic mass is 19.3. The Morgan fingerprint density at radius 2 is 2.05 bits per heavy atom. The summed E-state index contributed by atoms with van der Waals surface area (Å²) in [6.45, 7) is -2.88. The fourth-order valence-electron chi connectivity index (χ4n) is 1.76. The van der Waals surface area contributed by atoms with Gasteiger partial charge in [-0.1, -0.05) is 0 Å². The van der Waals surface area contributed by atoms with E-state index in [0.29, 0.717) is 18.5 Å². The molecule has 1 aliphatic heterocycles. The molecular weight excluding hydrogens is 258 g/mol. The molecule has 1 aromatic rings. The first kappa shape index (κ1) is 13.3. The minimum absolute atomic E-state index is 0.0159. The number of hydrogen-bond donors (Lipinski definition) is 2. The maximum absolute atomic E-state index is 11.9. The van der Waals surface area contributed by atoms with Crippen LogP contribution in [0.5, 0.6) is 5.75 Å². The molecule has 0 spiro atoms. The molecule has 1 fully saturated rings. The highest BCUT2D eigenvalue weighted by Crippen LogP contribution is 2.18. The lowest BCUT2D eigenvalue weighted by atomic mass is 10.2. The van der Waals surface area contributed by atoms with Gasteiger partial charge in [-0.3, -0.25) is 9.59 Å². The van der Waals surface area contributed by atoms with Crippen LogP contribution in [0.3, 0.4) is 0 Å². The van der Waals surface area contributed by atoms with Crippen molar-refractivity contribution in [3.05, 3.63) is 24.3 Å². The van der Waals surface area contributed by atoms with E-state index in [2.05, 4.69) is 15.4 Å². The second-order valence-electron chi connectivity index (χ2n) is 4.05. The van der Waals surface area contributed by atoms with Gasteiger partial charge in [-0.25, -0.2) is 0 Å². The van der Waals surface area contributed by atoms with Crippen molar-refractivity contribution in [1.82, 2.24) is 5.32 Å². The first-order chi connectivity index (χ1) is 9.04. The van der Waals surface area contributed by atoms with E-state index in [1.54, 1.807) is 0 Å². The van der Waals surface area contributed by atoms with Crippen molar-refractivity contribution < 1.29 is 23.1 Å². The maximum Gasteiger partial charge on any atom is 0.387 e. The Bertz CT molecular complexity index is 476. The van der Waals surface area contributed by atoms with Gasteiger partial charge in [0.1, 0.15) is 11.8 Å². The van der Waals surface area contributed by atoms with Crippen molar-refractivity contribution in [3.8, 4) is 5.75 Å². The number of benzene rings is 1. The van der Waals surface area contributed by atoms with Crippen molar-refractivity contribution in [2.75, 3.05) is 5.32 Å². The number of amides is 2. The Morgan fingerprint density at radius 1 is 1.37 bits per heavy atom. The number of carbonyl (C=O) groups excluding carboxylic acids is 2. The van der Waals surface area contributed by atoms with Crippen LogP contribution in [0.4, 0.5) is 14.5 Å². The van der Waals surface area contributed by atoms with Crippen molar-refractivity contribution in [3.63, 3.8) is 0 Å². The Morgan fingerprint density at radius 3 is 2.58 bits per heavy atom. The minimum atomic E-state index is -2.88. The van der Waals surface area contributed by atoms with Gasteiger partial charge in [-0.05, 0) is 30.7 Å². The number of rotatable bonds is 4. The molecule has 2 N–H and O–H groups in total. The van der Waals surface area contributed by atoms with Crippen LogP contribution < -0.4 is 15.4 Å². The number of nitrogens with one attached hydrogen (secondary N) is 2. The Labute approximate surface area is 107 Å². The zero-order chi connectivity index (χ0) is 13.8. The highest BCUT2D eigenvalue weighted by Gasteiger charge is 2.27. The summed E-state index contributed by atoms with van der Waals surface area (Å²) in [6.07, 6.45) is 0.788. The van der Waals surface area contributed by atoms with Gasteiger partial charge in [-0.15, -0.1) is 0 Å². The molecule has 2 rings (SSSR count). The lowest BCUT2D eigenvalue weighted by Crippen LogP contribution is -2.37. The molecule has 1 aliphatic rings. The molecule has 0 bridgehead atoms. The van der Waals surface area contributed by atoms with Gasteiger partial charge in [0.05, 0.1) is 0 Å². The Balaban J connectivity index is 1.92. The summed E-state index contributed by atoms with van der Waals surface area (Å²) in [5, 5.41) is 5.12. The average molecular weight is 270 g/mol. The molecule has 0 aromatic heterocycles. The highest BCUT2D eigenvalue weighted by molar-refractivity contribution is 5.98. The summed E-state index contributed by atoms with van der Waals surface area (Å²) in [4.78, 5) is 22.7. The lowest BCUT2D eigenvalue weighted by molar-refractivity contribution is -0.122. The number of ether oxygens (including phenoxy) is 1. The molecule has 0 radical (unpaired) electrons. The van der Waals surface area contributed by atoms with Gasteiger partial charge in [0.25, 0.3) is 0 Å².